The van der Waals surface area contributed by atoms with E-state index in [0.29, 0.717) is 0 Å². The van der Waals surface area contributed by atoms with Crippen LogP contribution < -0.4 is 15.0 Å². The lowest BCUT2D eigenvalue weighted by atomic mass is 10.5. The molecule has 17 heavy (non-hydrogen) atoms. The predicted molar refractivity (Wildman–Crippen MR) is 73.3 cm³/mol. The highest BCUT2D eigenvalue weighted by Gasteiger charge is 2.12. The average molecular weight is 258 g/mol. The number of hydrogen-bond acceptors (Lipinski definition) is 6. The van der Waals surface area contributed by atoms with E-state index in [1.54, 1.807) is 18.4 Å². The molecule has 0 saturated heterocycles. The van der Waals surface area contributed by atoms with E-state index in [-0.39, 0.29) is 0 Å². The van der Waals surface area contributed by atoms with Crippen LogP contribution in [0.5, 0.6) is 5.88 Å². The summed E-state index contributed by atoms with van der Waals surface area (Å²) >= 11 is 1.66. The topological polar surface area (TPSA) is 40.6 Å². The summed E-state index contributed by atoms with van der Waals surface area (Å²) in [5.41, 5.74) is 0. The molecular formula is C11H22N4OS. The molecule has 0 unspecified atom stereocenters. The van der Waals surface area contributed by atoms with Gasteiger partial charge in [-0.1, -0.05) is 11.3 Å². The highest BCUT2D eigenvalue weighted by Crippen LogP contribution is 2.29. The molecular weight excluding hydrogens is 236 g/mol. The summed E-state index contributed by atoms with van der Waals surface area (Å²) < 4.78 is 5.28. The molecule has 1 rings (SSSR count). The van der Waals surface area contributed by atoms with Crippen molar-refractivity contribution in [3.05, 3.63) is 4.88 Å². The molecule has 98 valence electrons. The van der Waals surface area contributed by atoms with Crippen molar-refractivity contribution in [3.63, 3.8) is 0 Å². The number of thiazole rings is 1. The lowest BCUT2D eigenvalue weighted by Crippen LogP contribution is -2.26. The molecule has 1 aromatic rings. The van der Waals surface area contributed by atoms with Crippen molar-refractivity contribution in [2.75, 3.05) is 53.3 Å². The Labute approximate surface area is 107 Å². The molecule has 0 spiro atoms. The van der Waals surface area contributed by atoms with Crippen LogP contribution in [0.1, 0.15) is 4.88 Å². The van der Waals surface area contributed by atoms with Gasteiger partial charge in [0.25, 0.3) is 0 Å². The van der Waals surface area contributed by atoms with Gasteiger partial charge in [-0.25, -0.2) is 0 Å². The van der Waals surface area contributed by atoms with Crippen LogP contribution in [0.25, 0.3) is 0 Å². The second-order valence-electron chi connectivity index (χ2n) is 4.30. The SMILES string of the molecule is COc1nc(N(C)C)sc1CNCCN(C)C. The normalized spacial score (nSPS) is 10.9. The monoisotopic (exact) mass is 258 g/mol. The van der Waals surface area contributed by atoms with Gasteiger partial charge in [0.05, 0.1) is 12.0 Å². The van der Waals surface area contributed by atoms with Crippen molar-refractivity contribution in [1.29, 1.82) is 0 Å². The van der Waals surface area contributed by atoms with E-state index in [4.69, 9.17) is 4.74 Å². The Hall–Kier alpha value is -0.850. The zero-order valence-corrected chi connectivity index (χ0v) is 12.1. The minimum Gasteiger partial charge on any atom is -0.480 e. The molecule has 1 heterocycles. The number of ether oxygens (including phenoxy) is 1. The van der Waals surface area contributed by atoms with E-state index in [2.05, 4.69) is 29.3 Å². The first kappa shape index (κ1) is 14.2. The van der Waals surface area contributed by atoms with Crippen LogP contribution in [0.2, 0.25) is 0 Å². The first-order valence-electron chi connectivity index (χ1n) is 5.61. The summed E-state index contributed by atoms with van der Waals surface area (Å²) in [4.78, 5) is 9.71. The second-order valence-corrected chi connectivity index (χ2v) is 5.37. The van der Waals surface area contributed by atoms with Crippen molar-refractivity contribution >= 4 is 16.5 Å². The minimum absolute atomic E-state index is 0.732. The third-order valence-electron chi connectivity index (χ3n) is 2.25. The lowest BCUT2D eigenvalue weighted by Gasteiger charge is -2.09. The van der Waals surface area contributed by atoms with Crippen molar-refractivity contribution in [2.24, 2.45) is 0 Å². The number of methoxy groups -OCH3 is 1. The molecule has 1 N–H and O–H groups in total. The number of hydrogen-bond donors (Lipinski definition) is 1. The number of nitrogens with one attached hydrogen (secondary N) is 1. The summed E-state index contributed by atoms with van der Waals surface area (Å²) in [6, 6.07) is 0. The second kappa shape index (κ2) is 6.78. The number of likely N-dealkylation sites (N-methyl/N-ethyl adjacent to an activating group) is 1. The zero-order chi connectivity index (χ0) is 12.8. The van der Waals surface area contributed by atoms with Gasteiger partial charge in [0.2, 0.25) is 5.88 Å². The van der Waals surface area contributed by atoms with E-state index in [9.17, 15) is 0 Å². The Morgan fingerprint density at radius 3 is 2.53 bits per heavy atom. The Balaban J connectivity index is 2.51. The molecule has 0 fully saturated rings. The van der Waals surface area contributed by atoms with Crippen LogP contribution in [-0.4, -0.2) is 58.3 Å². The molecule has 0 aliphatic carbocycles. The zero-order valence-electron chi connectivity index (χ0n) is 11.3. The molecule has 0 bridgehead atoms. The van der Waals surface area contributed by atoms with Gasteiger partial charge in [0.1, 0.15) is 0 Å². The minimum atomic E-state index is 0.732. The summed E-state index contributed by atoms with van der Waals surface area (Å²) in [6.07, 6.45) is 0. The van der Waals surface area contributed by atoms with Gasteiger partial charge < -0.3 is 19.9 Å². The highest BCUT2D eigenvalue weighted by atomic mass is 32.1. The first-order chi connectivity index (χ1) is 8.04. The van der Waals surface area contributed by atoms with Crippen molar-refractivity contribution in [3.8, 4) is 5.88 Å². The van der Waals surface area contributed by atoms with Crippen LogP contribution in [0.4, 0.5) is 5.13 Å². The van der Waals surface area contributed by atoms with Crippen LogP contribution in [0, 0.1) is 0 Å². The number of nitrogens with zero attached hydrogens (tertiary/aromatic N) is 3. The molecule has 6 heteroatoms. The Morgan fingerprint density at radius 2 is 2.00 bits per heavy atom. The van der Waals surface area contributed by atoms with Gasteiger partial charge in [-0.2, -0.15) is 4.98 Å². The van der Waals surface area contributed by atoms with Gasteiger partial charge in [0.15, 0.2) is 5.13 Å². The fourth-order valence-corrected chi connectivity index (χ4v) is 2.21. The molecule has 0 aromatic carbocycles. The molecule has 1 aromatic heterocycles. The Kier molecular flexibility index (Phi) is 5.67. The average Bonchev–Trinajstić information content (AvgIpc) is 2.67. The Morgan fingerprint density at radius 1 is 1.29 bits per heavy atom. The molecule has 0 radical (unpaired) electrons. The van der Waals surface area contributed by atoms with Crippen LogP contribution in [-0.2, 0) is 6.54 Å². The molecule has 0 saturated carbocycles. The van der Waals surface area contributed by atoms with Crippen LogP contribution >= 0.6 is 11.3 Å². The van der Waals surface area contributed by atoms with Crippen molar-refractivity contribution < 1.29 is 4.74 Å². The lowest BCUT2D eigenvalue weighted by molar-refractivity contribution is 0.387. The highest BCUT2D eigenvalue weighted by molar-refractivity contribution is 7.15. The van der Waals surface area contributed by atoms with Gasteiger partial charge >= 0.3 is 0 Å². The fraction of sp³-hybridized carbons (Fsp3) is 0.727. The number of rotatable bonds is 7. The van der Waals surface area contributed by atoms with E-state index in [1.165, 1.54) is 0 Å². The molecule has 5 nitrogen and oxygen atoms in total. The number of anilines is 1. The summed E-state index contributed by atoms with van der Waals surface area (Å²) in [5, 5.41) is 4.37. The van der Waals surface area contributed by atoms with E-state index >= 15 is 0 Å². The van der Waals surface area contributed by atoms with Crippen LogP contribution in [0.15, 0.2) is 0 Å². The van der Waals surface area contributed by atoms with E-state index in [0.717, 1.165) is 35.5 Å². The van der Waals surface area contributed by atoms with Crippen molar-refractivity contribution in [1.82, 2.24) is 15.2 Å². The maximum absolute atomic E-state index is 5.28. The quantitative estimate of drug-likeness (QED) is 0.735. The largest absolute Gasteiger partial charge is 0.480 e. The molecule has 0 aliphatic heterocycles. The summed E-state index contributed by atoms with van der Waals surface area (Å²) in [7, 11) is 9.78. The third-order valence-corrected chi connectivity index (χ3v) is 3.45. The molecule has 0 atom stereocenters. The summed E-state index contributed by atoms with van der Waals surface area (Å²) in [5.74, 6) is 0.732. The maximum atomic E-state index is 5.28. The first-order valence-corrected chi connectivity index (χ1v) is 6.42. The fourth-order valence-electron chi connectivity index (χ4n) is 1.29. The Bertz CT molecular complexity index is 338. The predicted octanol–water partition coefficient (Wildman–Crippen LogP) is 0.869. The van der Waals surface area contributed by atoms with Gasteiger partial charge in [0, 0.05) is 33.7 Å². The van der Waals surface area contributed by atoms with Crippen LogP contribution in [0.3, 0.4) is 0 Å². The van der Waals surface area contributed by atoms with Crippen molar-refractivity contribution in [2.45, 2.75) is 6.54 Å². The molecule has 0 aliphatic rings. The maximum Gasteiger partial charge on any atom is 0.230 e. The standard InChI is InChI=1S/C11H22N4OS/c1-14(2)7-6-12-8-9-10(16-5)13-11(17-9)15(3)4/h12H,6-8H2,1-5H3. The van der Waals surface area contributed by atoms with Gasteiger partial charge in [-0.15, -0.1) is 0 Å². The summed E-state index contributed by atoms with van der Waals surface area (Å²) in [6.45, 7) is 2.80. The number of aromatic nitrogens is 1. The smallest absolute Gasteiger partial charge is 0.230 e. The third kappa shape index (κ3) is 4.49. The van der Waals surface area contributed by atoms with Gasteiger partial charge in [-0.05, 0) is 14.1 Å². The molecule has 0 amide bonds. The van der Waals surface area contributed by atoms with Gasteiger partial charge in [-0.3, -0.25) is 0 Å². The van der Waals surface area contributed by atoms with E-state index in [1.807, 2.05) is 19.0 Å². The van der Waals surface area contributed by atoms with E-state index < -0.39 is 0 Å².